The molecule has 2 aromatic rings. The van der Waals surface area contributed by atoms with Gasteiger partial charge in [-0.2, -0.15) is 0 Å². The fourth-order valence-electron chi connectivity index (χ4n) is 3.36. The fourth-order valence-corrected chi connectivity index (χ4v) is 3.36. The number of aromatic nitrogens is 1. The molecular formula is C16H21FN2O. The summed E-state index contributed by atoms with van der Waals surface area (Å²) in [5.74, 6) is 1.05. The molecule has 1 fully saturated rings. The van der Waals surface area contributed by atoms with E-state index in [9.17, 15) is 4.39 Å². The molecule has 1 aromatic heterocycles. The Balaban J connectivity index is 2.01. The minimum absolute atomic E-state index is 0.0249. The lowest BCUT2D eigenvalue weighted by atomic mass is 9.61. The largest absolute Gasteiger partial charge is 0.440 e. The molecule has 1 aromatic carbocycles. The SMILES string of the molecule is CC1C(N)CCC(c2nc3ccc(F)cc3o2)C1(C)C. The van der Waals surface area contributed by atoms with Crippen LogP contribution in [0.15, 0.2) is 22.6 Å². The first-order valence-electron chi connectivity index (χ1n) is 7.21. The molecule has 0 bridgehead atoms. The van der Waals surface area contributed by atoms with E-state index >= 15 is 0 Å². The molecule has 0 saturated heterocycles. The third-order valence-electron chi connectivity index (χ3n) is 5.17. The van der Waals surface area contributed by atoms with Crippen LogP contribution in [0.2, 0.25) is 0 Å². The normalized spacial score (nSPS) is 29.8. The van der Waals surface area contributed by atoms with E-state index in [4.69, 9.17) is 10.2 Å². The predicted octanol–water partition coefficient (Wildman–Crippen LogP) is 3.83. The Morgan fingerprint density at radius 1 is 1.35 bits per heavy atom. The first-order chi connectivity index (χ1) is 9.39. The zero-order valence-electron chi connectivity index (χ0n) is 12.2. The van der Waals surface area contributed by atoms with Gasteiger partial charge >= 0.3 is 0 Å². The van der Waals surface area contributed by atoms with E-state index in [1.54, 1.807) is 6.07 Å². The quantitative estimate of drug-likeness (QED) is 0.861. The summed E-state index contributed by atoms with van der Waals surface area (Å²) in [4.78, 5) is 4.56. The summed E-state index contributed by atoms with van der Waals surface area (Å²) < 4.78 is 19.1. The molecule has 1 heterocycles. The minimum atomic E-state index is -0.293. The Hall–Kier alpha value is -1.42. The number of benzene rings is 1. The Bertz CT molecular complexity index is 634. The van der Waals surface area contributed by atoms with Gasteiger partial charge in [0.2, 0.25) is 0 Å². The molecule has 0 aliphatic heterocycles. The number of hydrogen-bond acceptors (Lipinski definition) is 3. The van der Waals surface area contributed by atoms with Crippen molar-refractivity contribution in [1.29, 1.82) is 0 Å². The van der Waals surface area contributed by atoms with E-state index in [1.807, 2.05) is 0 Å². The lowest BCUT2D eigenvalue weighted by Crippen LogP contribution is -2.45. The number of nitrogens with zero attached hydrogens (tertiary/aromatic N) is 1. The van der Waals surface area contributed by atoms with Crippen LogP contribution < -0.4 is 5.73 Å². The van der Waals surface area contributed by atoms with Crippen molar-refractivity contribution in [3.05, 3.63) is 29.9 Å². The predicted molar refractivity (Wildman–Crippen MR) is 76.9 cm³/mol. The molecule has 0 spiro atoms. The molecule has 3 rings (SSSR count). The molecule has 3 atom stereocenters. The molecule has 4 heteroatoms. The van der Waals surface area contributed by atoms with Gasteiger partial charge in [0.1, 0.15) is 11.3 Å². The van der Waals surface area contributed by atoms with Gasteiger partial charge in [0, 0.05) is 18.0 Å². The Morgan fingerprint density at radius 2 is 2.10 bits per heavy atom. The van der Waals surface area contributed by atoms with Crippen molar-refractivity contribution in [3.63, 3.8) is 0 Å². The van der Waals surface area contributed by atoms with Crippen LogP contribution in [0.4, 0.5) is 4.39 Å². The van der Waals surface area contributed by atoms with Gasteiger partial charge in [-0.05, 0) is 36.3 Å². The second-order valence-electron chi connectivity index (χ2n) is 6.57. The van der Waals surface area contributed by atoms with Crippen molar-refractivity contribution in [2.24, 2.45) is 17.1 Å². The van der Waals surface area contributed by atoms with Gasteiger partial charge in [-0.25, -0.2) is 9.37 Å². The van der Waals surface area contributed by atoms with Crippen molar-refractivity contribution in [2.45, 2.75) is 45.6 Å². The first kappa shape index (κ1) is 13.6. The first-order valence-corrected chi connectivity index (χ1v) is 7.21. The van der Waals surface area contributed by atoms with E-state index in [0.717, 1.165) is 18.4 Å². The van der Waals surface area contributed by atoms with Gasteiger partial charge in [0.25, 0.3) is 0 Å². The summed E-state index contributed by atoms with van der Waals surface area (Å²) in [6, 6.07) is 4.71. The standard InChI is InChI=1S/C16H21FN2O/c1-9-12(18)6-5-11(16(9,2)3)15-19-13-7-4-10(17)8-14(13)20-15/h4,7-9,11-12H,5-6,18H2,1-3H3. The van der Waals surface area contributed by atoms with Crippen LogP contribution in [-0.4, -0.2) is 11.0 Å². The van der Waals surface area contributed by atoms with Gasteiger partial charge in [-0.3, -0.25) is 0 Å². The van der Waals surface area contributed by atoms with Crippen molar-refractivity contribution in [2.75, 3.05) is 0 Å². The maximum atomic E-state index is 13.2. The summed E-state index contributed by atoms with van der Waals surface area (Å²) >= 11 is 0. The number of oxazole rings is 1. The summed E-state index contributed by atoms with van der Waals surface area (Å²) in [7, 11) is 0. The summed E-state index contributed by atoms with van der Waals surface area (Å²) in [6.07, 6.45) is 1.94. The van der Waals surface area contributed by atoms with Crippen LogP contribution in [0, 0.1) is 17.2 Å². The van der Waals surface area contributed by atoms with Gasteiger partial charge < -0.3 is 10.2 Å². The maximum Gasteiger partial charge on any atom is 0.199 e. The second-order valence-corrected chi connectivity index (χ2v) is 6.57. The monoisotopic (exact) mass is 276 g/mol. The molecule has 0 radical (unpaired) electrons. The van der Waals surface area contributed by atoms with E-state index < -0.39 is 0 Å². The van der Waals surface area contributed by atoms with Gasteiger partial charge in [0.05, 0.1) is 0 Å². The van der Waals surface area contributed by atoms with Gasteiger partial charge in [-0.1, -0.05) is 20.8 Å². The lowest BCUT2D eigenvalue weighted by Gasteiger charge is -2.45. The lowest BCUT2D eigenvalue weighted by molar-refractivity contribution is 0.0854. The molecule has 3 nitrogen and oxygen atoms in total. The van der Waals surface area contributed by atoms with Crippen LogP contribution in [-0.2, 0) is 0 Å². The number of nitrogens with two attached hydrogens (primary N) is 1. The number of halogens is 1. The summed E-state index contributed by atoms with van der Waals surface area (Å²) in [5.41, 5.74) is 7.46. The molecule has 20 heavy (non-hydrogen) atoms. The van der Waals surface area contributed by atoms with E-state index in [2.05, 4.69) is 25.8 Å². The number of fused-ring (bicyclic) bond motifs is 1. The molecule has 1 aliphatic rings. The summed E-state index contributed by atoms with van der Waals surface area (Å²) in [6.45, 7) is 6.63. The van der Waals surface area contributed by atoms with Crippen LogP contribution in [0.5, 0.6) is 0 Å². The topological polar surface area (TPSA) is 52.0 Å². The Morgan fingerprint density at radius 3 is 2.85 bits per heavy atom. The molecule has 0 amide bonds. The third kappa shape index (κ3) is 2.03. The minimum Gasteiger partial charge on any atom is -0.440 e. The van der Waals surface area contributed by atoms with E-state index in [-0.39, 0.29) is 23.2 Å². The van der Waals surface area contributed by atoms with Crippen LogP contribution in [0.25, 0.3) is 11.1 Å². The Labute approximate surface area is 118 Å². The van der Waals surface area contributed by atoms with Crippen molar-refractivity contribution < 1.29 is 8.81 Å². The van der Waals surface area contributed by atoms with Crippen LogP contribution in [0.1, 0.15) is 45.4 Å². The average molecular weight is 276 g/mol. The van der Waals surface area contributed by atoms with E-state index in [1.165, 1.54) is 12.1 Å². The third-order valence-corrected chi connectivity index (χ3v) is 5.17. The highest BCUT2D eigenvalue weighted by Gasteiger charge is 2.44. The summed E-state index contributed by atoms with van der Waals surface area (Å²) in [5, 5.41) is 0. The van der Waals surface area contributed by atoms with E-state index in [0.29, 0.717) is 17.4 Å². The number of rotatable bonds is 1. The maximum absolute atomic E-state index is 13.2. The molecule has 1 saturated carbocycles. The van der Waals surface area contributed by atoms with Crippen LogP contribution >= 0.6 is 0 Å². The molecular weight excluding hydrogens is 255 g/mol. The molecule has 1 aliphatic carbocycles. The second kappa shape index (κ2) is 4.55. The zero-order valence-corrected chi connectivity index (χ0v) is 12.2. The van der Waals surface area contributed by atoms with Crippen molar-refractivity contribution in [1.82, 2.24) is 4.98 Å². The van der Waals surface area contributed by atoms with Crippen molar-refractivity contribution >= 4 is 11.1 Å². The highest BCUT2D eigenvalue weighted by Crippen LogP contribution is 2.49. The highest BCUT2D eigenvalue weighted by atomic mass is 19.1. The average Bonchev–Trinajstić information content (AvgIpc) is 2.78. The highest BCUT2D eigenvalue weighted by molar-refractivity contribution is 5.72. The van der Waals surface area contributed by atoms with Crippen molar-refractivity contribution in [3.8, 4) is 0 Å². The zero-order chi connectivity index (χ0) is 14.5. The molecule has 3 unspecified atom stereocenters. The fraction of sp³-hybridized carbons (Fsp3) is 0.562. The molecule has 108 valence electrons. The van der Waals surface area contributed by atoms with Gasteiger partial charge in [-0.15, -0.1) is 0 Å². The molecule has 2 N–H and O–H groups in total. The number of hydrogen-bond donors (Lipinski definition) is 1. The Kier molecular flexibility index (Phi) is 3.09. The van der Waals surface area contributed by atoms with Crippen LogP contribution in [0.3, 0.4) is 0 Å². The smallest absolute Gasteiger partial charge is 0.199 e. The van der Waals surface area contributed by atoms with Gasteiger partial charge in [0.15, 0.2) is 11.5 Å².